The van der Waals surface area contributed by atoms with Crippen molar-refractivity contribution in [2.24, 2.45) is 0 Å². The summed E-state index contributed by atoms with van der Waals surface area (Å²) in [4.78, 5) is 13.7. The minimum absolute atomic E-state index is 0.126. The lowest BCUT2D eigenvalue weighted by Crippen LogP contribution is -2.34. The molecule has 0 aliphatic carbocycles. The van der Waals surface area contributed by atoms with E-state index in [4.69, 9.17) is 5.26 Å². The Bertz CT molecular complexity index is 728. The summed E-state index contributed by atoms with van der Waals surface area (Å²) in [6, 6.07) is 7.88. The summed E-state index contributed by atoms with van der Waals surface area (Å²) in [6.45, 7) is 2.11. The predicted molar refractivity (Wildman–Crippen MR) is 82.3 cm³/mol. The highest BCUT2D eigenvalue weighted by molar-refractivity contribution is 8.00. The van der Waals surface area contributed by atoms with Crippen molar-refractivity contribution in [1.29, 1.82) is 5.26 Å². The molecule has 1 aromatic carbocycles. The van der Waals surface area contributed by atoms with Gasteiger partial charge < -0.3 is 4.90 Å². The van der Waals surface area contributed by atoms with Crippen LogP contribution < -0.4 is 0 Å². The first kappa shape index (κ1) is 16.9. The molecule has 2 aromatic rings. The molecule has 0 saturated heterocycles. The van der Waals surface area contributed by atoms with E-state index >= 15 is 0 Å². The molecule has 0 N–H and O–H groups in total. The highest BCUT2D eigenvalue weighted by Gasteiger charge is 2.22. The normalized spacial score (nSPS) is 11.7. The number of carbonyl (C=O) groups is 1. The maximum atomic E-state index is 13.3. The van der Waals surface area contributed by atoms with Gasteiger partial charge >= 0.3 is 0 Å². The Balaban J connectivity index is 2.11. The van der Waals surface area contributed by atoms with Gasteiger partial charge in [-0.25, -0.2) is 4.39 Å². The van der Waals surface area contributed by atoms with Crippen molar-refractivity contribution in [2.75, 3.05) is 13.6 Å². The maximum absolute atomic E-state index is 13.3. The van der Waals surface area contributed by atoms with Crippen LogP contribution in [0, 0.1) is 17.1 Å². The zero-order valence-corrected chi connectivity index (χ0v) is 13.5. The largest absolute Gasteiger partial charge is 0.344 e. The maximum Gasteiger partial charge on any atom is 0.235 e. The minimum Gasteiger partial charge on any atom is -0.344 e. The quantitative estimate of drug-likeness (QED) is 0.747. The Kier molecular flexibility index (Phi) is 5.65. The number of carbonyl (C=O) groups excluding carboxylic acids is 1. The number of hydrogen-bond acceptors (Lipinski definition) is 6. The summed E-state index contributed by atoms with van der Waals surface area (Å²) in [6.07, 6.45) is 0.278. The van der Waals surface area contributed by atoms with Gasteiger partial charge in [0.15, 0.2) is 0 Å². The summed E-state index contributed by atoms with van der Waals surface area (Å²) < 4.78 is 14.7. The number of nitriles is 1. The standard InChI is InChI=1S/C14H15FN6OS/c1-10(13(22)20(2)8-4-7-16)23-14-17-18-19-21(14)12-6-3-5-11(15)9-12/h3,5-6,9-10H,4,8H2,1-2H3/t10-/m1/s1. The van der Waals surface area contributed by atoms with Gasteiger partial charge in [0.1, 0.15) is 5.82 Å². The van der Waals surface area contributed by atoms with E-state index in [9.17, 15) is 9.18 Å². The fraction of sp³-hybridized carbons (Fsp3) is 0.357. The molecule has 9 heteroatoms. The molecule has 0 fully saturated rings. The van der Waals surface area contributed by atoms with Crippen molar-refractivity contribution < 1.29 is 9.18 Å². The van der Waals surface area contributed by atoms with Gasteiger partial charge in [0.05, 0.1) is 23.4 Å². The van der Waals surface area contributed by atoms with E-state index in [0.717, 1.165) is 0 Å². The van der Waals surface area contributed by atoms with E-state index in [1.165, 1.54) is 33.5 Å². The summed E-state index contributed by atoms with van der Waals surface area (Å²) in [5, 5.41) is 19.8. The second-order valence-corrected chi connectivity index (χ2v) is 6.09. The first-order valence-electron chi connectivity index (χ1n) is 6.86. The number of benzene rings is 1. The van der Waals surface area contributed by atoms with Crippen molar-refractivity contribution in [3.05, 3.63) is 30.1 Å². The molecule has 0 radical (unpaired) electrons. The molecule has 0 saturated carbocycles. The van der Waals surface area contributed by atoms with Crippen LogP contribution in [-0.2, 0) is 4.79 Å². The van der Waals surface area contributed by atoms with Crippen LogP contribution in [0.25, 0.3) is 5.69 Å². The fourth-order valence-corrected chi connectivity index (χ4v) is 2.79. The van der Waals surface area contributed by atoms with Gasteiger partial charge in [-0.05, 0) is 35.5 Å². The van der Waals surface area contributed by atoms with E-state index < -0.39 is 11.1 Å². The zero-order valence-electron chi connectivity index (χ0n) is 12.7. The molecule has 1 heterocycles. The Hall–Kier alpha value is -2.47. The summed E-state index contributed by atoms with van der Waals surface area (Å²) in [5.74, 6) is -0.520. The lowest BCUT2D eigenvalue weighted by atomic mass is 10.3. The van der Waals surface area contributed by atoms with E-state index in [-0.39, 0.29) is 12.3 Å². The topological polar surface area (TPSA) is 87.7 Å². The fourth-order valence-electron chi connectivity index (χ4n) is 1.87. The Morgan fingerprint density at radius 2 is 2.35 bits per heavy atom. The summed E-state index contributed by atoms with van der Waals surface area (Å²) >= 11 is 1.18. The SMILES string of the molecule is C[C@@H](Sc1nnnn1-c1cccc(F)c1)C(=O)N(C)CCC#N. The molecule has 120 valence electrons. The Labute approximate surface area is 137 Å². The van der Waals surface area contributed by atoms with Crippen LogP contribution in [0.3, 0.4) is 0 Å². The van der Waals surface area contributed by atoms with Gasteiger partial charge in [0.2, 0.25) is 11.1 Å². The van der Waals surface area contributed by atoms with Gasteiger partial charge in [0, 0.05) is 13.6 Å². The van der Waals surface area contributed by atoms with Crippen LogP contribution in [0.4, 0.5) is 4.39 Å². The number of nitrogens with zero attached hydrogens (tertiary/aromatic N) is 6. The molecule has 0 unspecified atom stereocenters. The van der Waals surface area contributed by atoms with Crippen LogP contribution in [0.5, 0.6) is 0 Å². The zero-order chi connectivity index (χ0) is 16.8. The van der Waals surface area contributed by atoms with Crippen LogP contribution in [0.2, 0.25) is 0 Å². The monoisotopic (exact) mass is 334 g/mol. The van der Waals surface area contributed by atoms with E-state index in [1.54, 1.807) is 26.1 Å². The van der Waals surface area contributed by atoms with Crippen molar-refractivity contribution in [2.45, 2.75) is 23.8 Å². The van der Waals surface area contributed by atoms with E-state index in [1.807, 2.05) is 6.07 Å². The Morgan fingerprint density at radius 3 is 3.04 bits per heavy atom. The van der Waals surface area contributed by atoms with Crippen molar-refractivity contribution in [3.63, 3.8) is 0 Å². The lowest BCUT2D eigenvalue weighted by Gasteiger charge is -2.19. The first-order chi connectivity index (χ1) is 11.0. The van der Waals surface area contributed by atoms with Gasteiger partial charge in [-0.3, -0.25) is 4.79 Å². The average Bonchev–Trinajstić information content (AvgIpc) is 2.99. The number of hydrogen-bond donors (Lipinski definition) is 0. The van der Waals surface area contributed by atoms with Gasteiger partial charge in [-0.15, -0.1) is 5.10 Å². The lowest BCUT2D eigenvalue weighted by molar-refractivity contribution is -0.128. The molecular weight excluding hydrogens is 319 g/mol. The molecule has 1 aromatic heterocycles. The van der Waals surface area contributed by atoms with Crippen LogP contribution >= 0.6 is 11.8 Å². The summed E-state index contributed by atoms with van der Waals surface area (Å²) in [5.41, 5.74) is 0.481. The molecule has 0 aliphatic rings. The first-order valence-corrected chi connectivity index (χ1v) is 7.74. The van der Waals surface area contributed by atoms with Crippen LogP contribution in [0.1, 0.15) is 13.3 Å². The number of aromatic nitrogens is 4. The van der Waals surface area contributed by atoms with Gasteiger partial charge in [-0.1, -0.05) is 17.8 Å². The predicted octanol–water partition coefficient (Wildman–Crippen LogP) is 1.65. The molecule has 23 heavy (non-hydrogen) atoms. The second-order valence-electron chi connectivity index (χ2n) is 4.78. The third-order valence-electron chi connectivity index (χ3n) is 3.06. The molecule has 1 amide bonds. The number of amides is 1. The third-order valence-corrected chi connectivity index (χ3v) is 4.08. The second kappa shape index (κ2) is 7.69. The smallest absolute Gasteiger partial charge is 0.235 e. The van der Waals surface area contributed by atoms with Gasteiger partial charge in [-0.2, -0.15) is 9.94 Å². The highest BCUT2D eigenvalue weighted by atomic mass is 32.2. The van der Waals surface area contributed by atoms with Crippen molar-refractivity contribution in [1.82, 2.24) is 25.1 Å². The summed E-state index contributed by atoms with van der Waals surface area (Å²) in [7, 11) is 1.65. The van der Waals surface area contributed by atoms with Gasteiger partial charge in [0.25, 0.3) is 0 Å². The Morgan fingerprint density at radius 1 is 1.57 bits per heavy atom. The van der Waals surface area contributed by atoms with E-state index in [0.29, 0.717) is 17.4 Å². The minimum atomic E-state index is -0.433. The number of halogens is 1. The number of rotatable bonds is 6. The highest BCUT2D eigenvalue weighted by Crippen LogP contribution is 2.24. The average molecular weight is 334 g/mol. The molecule has 1 atom stereocenters. The molecule has 0 aliphatic heterocycles. The molecule has 7 nitrogen and oxygen atoms in total. The molecule has 0 spiro atoms. The molecule has 2 rings (SSSR count). The third kappa shape index (κ3) is 4.26. The number of thioether (sulfide) groups is 1. The van der Waals surface area contributed by atoms with Crippen LogP contribution in [-0.4, -0.2) is 49.9 Å². The molecule has 0 bridgehead atoms. The number of tetrazole rings is 1. The van der Waals surface area contributed by atoms with E-state index in [2.05, 4.69) is 15.5 Å². The van der Waals surface area contributed by atoms with Crippen molar-refractivity contribution in [3.8, 4) is 11.8 Å². The van der Waals surface area contributed by atoms with Crippen LogP contribution in [0.15, 0.2) is 29.4 Å². The van der Waals surface area contributed by atoms with Crippen molar-refractivity contribution >= 4 is 17.7 Å². The molecular formula is C14H15FN6OS.